The van der Waals surface area contributed by atoms with E-state index < -0.39 is 0 Å². The largest absolute Gasteiger partial charge is 0.348 e. The summed E-state index contributed by atoms with van der Waals surface area (Å²) in [5.41, 5.74) is 0. The van der Waals surface area contributed by atoms with Crippen molar-refractivity contribution in [1.29, 1.82) is 0 Å². The van der Waals surface area contributed by atoms with Gasteiger partial charge >= 0.3 is 0 Å². The molecule has 2 heterocycles. The van der Waals surface area contributed by atoms with Crippen LogP contribution in [-0.4, -0.2) is 27.0 Å². The van der Waals surface area contributed by atoms with E-state index in [0.717, 1.165) is 4.88 Å². The molecule has 1 amide bonds. The summed E-state index contributed by atoms with van der Waals surface area (Å²) >= 11 is 6.91. The van der Waals surface area contributed by atoms with Crippen molar-refractivity contribution in [2.45, 2.75) is 6.54 Å². The number of carbonyl (C=O) groups excluding carboxylic acids is 1. The fourth-order valence-corrected chi connectivity index (χ4v) is 1.87. The summed E-state index contributed by atoms with van der Waals surface area (Å²) in [5, 5.41) is 11.4. The summed E-state index contributed by atoms with van der Waals surface area (Å²) in [6.07, 6.45) is 0. The van der Waals surface area contributed by atoms with E-state index in [1.807, 2.05) is 17.5 Å². The average Bonchev–Trinajstić information content (AvgIpc) is 2.95. The van der Waals surface area contributed by atoms with Crippen LogP contribution in [0.1, 0.15) is 5.82 Å². The smallest absolute Gasteiger partial charge is 0.235 e. The maximum atomic E-state index is 10.9. The van der Waals surface area contributed by atoms with E-state index in [2.05, 4.69) is 20.5 Å². The molecule has 0 aliphatic carbocycles. The van der Waals surface area contributed by atoms with Gasteiger partial charge in [0.05, 0.1) is 11.4 Å². The zero-order valence-electron chi connectivity index (χ0n) is 8.24. The summed E-state index contributed by atoms with van der Waals surface area (Å²) in [6, 6.07) is 3.88. The summed E-state index contributed by atoms with van der Waals surface area (Å²) in [7, 11) is 0. The second-order valence-corrected chi connectivity index (χ2v) is 4.21. The Morgan fingerprint density at radius 3 is 3.19 bits per heavy atom. The molecule has 0 saturated heterocycles. The first-order chi connectivity index (χ1) is 7.79. The number of nitrogens with zero attached hydrogens (tertiary/aromatic N) is 2. The number of halogens is 1. The molecule has 2 N–H and O–H groups in total. The topological polar surface area (TPSA) is 70.7 Å². The normalized spacial score (nSPS) is 10.3. The number of thiophene rings is 1. The molecule has 5 nitrogen and oxygen atoms in total. The number of rotatable bonds is 4. The minimum Gasteiger partial charge on any atom is -0.348 e. The molecule has 0 spiro atoms. The van der Waals surface area contributed by atoms with Crippen molar-refractivity contribution < 1.29 is 4.79 Å². The zero-order valence-corrected chi connectivity index (χ0v) is 9.81. The van der Waals surface area contributed by atoms with Gasteiger partial charge in [-0.15, -0.1) is 22.9 Å². The van der Waals surface area contributed by atoms with Crippen molar-refractivity contribution in [3.8, 4) is 10.7 Å². The Bertz CT molecular complexity index is 468. The van der Waals surface area contributed by atoms with Gasteiger partial charge in [-0.25, -0.2) is 4.98 Å². The van der Waals surface area contributed by atoms with Gasteiger partial charge in [0.15, 0.2) is 5.82 Å². The maximum absolute atomic E-state index is 10.9. The van der Waals surface area contributed by atoms with Gasteiger partial charge in [0.2, 0.25) is 5.91 Å². The molecule has 0 unspecified atom stereocenters. The van der Waals surface area contributed by atoms with Crippen LogP contribution in [0.25, 0.3) is 10.7 Å². The SMILES string of the molecule is O=C(CCl)NCc1nc(-c2cccs2)n[nH]1. The van der Waals surface area contributed by atoms with Crippen molar-refractivity contribution in [2.24, 2.45) is 0 Å². The van der Waals surface area contributed by atoms with E-state index in [0.29, 0.717) is 18.2 Å². The Labute approximate surface area is 101 Å². The molecule has 7 heteroatoms. The summed E-state index contributed by atoms with van der Waals surface area (Å²) in [4.78, 5) is 16.2. The van der Waals surface area contributed by atoms with Gasteiger partial charge in [-0.05, 0) is 11.4 Å². The fraction of sp³-hybridized carbons (Fsp3) is 0.222. The first-order valence-electron chi connectivity index (χ1n) is 4.57. The van der Waals surface area contributed by atoms with Gasteiger partial charge in [-0.2, -0.15) is 5.10 Å². The molecule has 0 aliphatic rings. The lowest BCUT2D eigenvalue weighted by molar-refractivity contribution is -0.118. The van der Waals surface area contributed by atoms with Crippen LogP contribution in [0, 0.1) is 0 Å². The number of H-pyrrole nitrogens is 1. The monoisotopic (exact) mass is 256 g/mol. The number of amides is 1. The molecule has 2 aromatic rings. The van der Waals surface area contributed by atoms with Gasteiger partial charge in [-0.3, -0.25) is 9.89 Å². The van der Waals surface area contributed by atoms with Crippen molar-refractivity contribution in [3.05, 3.63) is 23.3 Å². The molecule has 0 bridgehead atoms. The van der Waals surface area contributed by atoms with Crippen LogP contribution in [0.4, 0.5) is 0 Å². The van der Waals surface area contributed by atoms with Gasteiger partial charge in [0, 0.05) is 0 Å². The molecule has 0 atom stereocenters. The molecule has 84 valence electrons. The van der Waals surface area contributed by atoms with Crippen LogP contribution in [0.2, 0.25) is 0 Å². The predicted octanol–water partition coefficient (Wildman–Crippen LogP) is 1.39. The first-order valence-corrected chi connectivity index (χ1v) is 5.99. The Morgan fingerprint density at radius 2 is 2.50 bits per heavy atom. The highest BCUT2D eigenvalue weighted by molar-refractivity contribution is 7.13. The number of nitrogens with one attached hydrogen (secondary N) is 2. The van der Waals surface area contributed by atoms with E-state index in [4.69, 9.17) is 11.6 Å². The number of aromatic nitrogens is 3. The molecule has 0 aliphatic heterocycles. The van der Waals surface area contributed by atoms with Crippen LogP contribution >= 0.6 is 22.9 Å². The lowest BCUT2D eigenvalue weighted by Gasteiger charge is -1.97. The Kier molecular flexibility index (Phi) is 3.53. The fourth-order valence-electron chi connectivity index (χ4n) is 1.12. The van der Waals surface area contributed by atoms with E-state index in [-0.39, 0.29) is 11.8 Å². The molecule has 0 saturated carbocycles. The number of carbonyl (C=O) groups is 1. The van der Waals surface area contributed by atoms with Gasteiger partial charge in [-0.1, -0.05) is 6.07 Å². The molecule has 2 rings (SSSR count). The lowest BCUT2D eigenvalue weighted by Crippen LogP contribution is -2.24. The molecular weight excluding hydrogens is 248 g/mol. The summed E-state index contributed by atoms with van der Waals surface area (Å²) < 4.78 is 0. The predicted molar refractivity (Wildman–Crippen MR) is 62.3 cm³/mol. The van der Waals surface area contributed by atoms with Crippen LogP contribution in [0.3, 0.4) is 0 Å². The number of hydrogen-bond donors (Lipinski definition) is 2. The lowest BCUT2D eigenvalue weighted by atomic mass is 10.4. The molecular formula is C9H9ClN4OS. The molecule has 0 aromatic carbocycles. The zero-order chi connectivity index (χ0) is 11.4. The highest BCUT2D eigenvalue weighted by Gasteiger charge is 2.07. The Morgan fingerprint density at radius 1 is 1.62 bits per heavy atom. The third-order valence-corrected chi connectivity index (χ3v) is 2.96. The highest BCUT2D eigenvalue weighted by atomic mass is 35.5. The van der Waals surface area contributed by atoms with Gasteiger partial charge < -0.3 is 5.32 Å². The molecule has 16 heavy (non-hydrogen) atoms. The highest BCUT2D eigenvalue weighted by Crippen LogP contribution is 2.20. The Hall–Kier alpha value is -1.40. The standard InChI is InChI=1S/C9H9ClN4OS/c10-4-8(15)11-5-7-12-9(14-13-7)6-2-1-3-16-6/h1-3H,4-5H2,(H,11,15)(H,12,13,14). The third kappa shape index (κ3) is 2.59. The minimum atomic E-state index is -0.226. The molecule has 0 radical (unpaired) electrons. The number of alkyl halides is 1. The van der Waals surface area contributed by atoms with E-state index in [9.17, 15) is 4.79 Å². The third-order valence-electron chi connectivity index (χ3n) is 1.85. The number of aromatic amines is 1. The van der Waals surface area contributed by atoms with Crippen LogP contribution in [0.15, 0.2) is 17.5 Å². The number of hydrogen-bond acceptors (Lipinski definition) is 4. The maximum Gasteiger partial charge on any atom is 0.235 e. The van der Waals surface area contributed by atoms with Crippen molar-refractivity contribution in [3.63, 3.8) is 0 Å². The van der Waals surface area contributed by atoms with Crippen LogP contribution < -0.4 is 5.32 Å². The summed E-state index contributed by atoms with van der Waals surface area (Å²) in [5.74, 6) is 0.981. The summed E-state index contributed by atoms with van der Waals surface area (Å²) in [6.45, 7) is 0.309. The van der Waals surface area contributed by atoms with Gasteiger partial charge in [0.1, 0.15) is 11.7 Å². The van der Waals surface area contributed by atoms with Crippen LogP contribution in [0.5, 0.6) is 0 Å². The van der Waals surface area contributed by atoms with E-state index in [1.165, 1.54) is 0 Å². The van der Waals surface area contributed by atoms with E-state index in [1.54, 1.807) is 11.3 Å². The molecule has 2 aromatic heterocycles. The van der Waals surface area contributed by atoms with Crippen LogP contribution in [-0.2, 0) is 11.3 Å². The second kappa shape index (κ2) is 5.09. The quantitative estimate of drug-likeness (QED) is 0.812. The van der Waals surface area contributed by atoms with Crippen molar-refractivity contribution in [2.75, 3.05) is 5.88 Å². The van der Waals surface area contributed by atoms with Crippen molar-refractivity contribution in [1.82, 2.24) is 20.5 Å². The van der Waals surface area contributed by atoms with Gasteiger partial charge in [0.25, 0.3) is 0 Å². The Balaban J connectivity index is 2.00. The second-order valence-electron chi connectivity index (χ2n) is 2.99. The first kappa shape index (κ1) is 11.1. The average molecular weight is 257 g/mol. The van der Waals surface area contributed by atoms with E-state index >= 15 is 0 Å². The minimum absolute atomic E-state index is 0.0497. The molecule has 0 fully saturated rings. The van der Waals surface area contributed by atoms with Crippen molar-refractivity contribution >= 4 is 28.8 Å².